The van der Waals surface area contributed by atoms with E-state index in [1.807, 2.05) is 0 Å². The van der Waals surface area contributed by atoms with Crippen molar-refractivity contribution in [2.24, 2.45) is 10.9 Å². The Bertz CT molecular complexity index is 743. The number of methoxy groups -OCH3 is 1. The van der Waals surface area contributed by atoms with Crippen LogP contribution in [0.2, 0.25) is 0 Å². The van der Waals surface area contributed by atoms with E-state index in [1.54, 1.807) is 18.3 Å². The molecule has 0 spiro atoms. The average Bonchev–Trinajstić information content (AvgIpc) is 2.71. The highest BCUT2D eigenvalue weighted by atomic mass is 16.5. The van der Waals surface area contributed by atoms with Crippen LogP contribution in [0.1, 0.15) is 72.3 Å². The summed E-state index contributed by atoms with van der Waals surface area (Å²) in [6, 6.07) is 8.93. The van der Waals surface area contributed by atoms with Gasteiger partial charge >= 0.3 is 0 Å². The van der Waals surface area contributed by atoms with Gasteiger partial charge in [0.1, 0.15) is 5.75 Å². The second-order valence-corrected chi connectivity index (χ2v) is 10.0. The molecule has 2 atom stereocenters. The molecule has 1 aromatic carbocycles. The highest BCUT2D eigenvalue weighted by Crippen LogP contribution is 2.36. The third kappa shape index (κ3) is 6.10. The van der Waals surface area contributed by atoms with Gasteiger partial charge in [-0.05, 0) is 82.6 Å². The SMILES string of the molecule is COc1ccc(C[C@H]2C3=C(CCCC3)CCN2C=N[C@H](OC(C)(C)C)C(C)C)cc1. The first-order valence-electron chi connectivity index (χ1n) is 11.6. The van der Waals surface area contributed by atoms with Gasteiger partial charge in [-0.2, -0.15) is 0 Å². The summed E-state index contributed by atoms with van der Waals surface area (Å²) < 4.78 is 11.6. The van der Waals surface area contributed by atoms with Crippen molar-refractivity contribution in [3.8, 4) is 5.75 Å². The van der Waals surface area contributed by atoms with E-state index in [9.17, 15) is 0 Å². The summed E-state index contributed by atoms with van der Waals surface area (Å²) in [4.78, 5) is 7.39. The van der Waals surface area contributed by atoms with Gasteiger partial charge in [-0.25, -0.2) is 4.99 Å². The molecule has 0 N–H and O–H groups in total. The van der Waals surface area contributed by atoms with Crippen LogP contribution in [0.4, 0.5) is 0 Å². The van der Waals surface area contributed by atoms with Crippen LogP contribution >= 0.6 is 0 Å². The van der Waals surface area contributed by atoms with E-state index in [0.29, 0.717) is 12.0 Å². The Balaban J connectivity index is 1.82. The molecule has 4 heteroatoms. The lowest BCUT2D eigenvalue weighted by molar-refractivity contribution is -0.0746. The molecule has 1 aromatic rings. The molecule has 0 aromatic heterocycles. The summed E-state index contributed by atoms with van der Waals surface area (Å²) in [5.41, 5.74) is 4.52. The first-order valence-corrected chi connectivity index (χ1v) is 11.6. The van der Waals surface area contributed by atoms with Crippen LogP contribution < -0.4 is 4.74 Å². The summed E-state index contributed by atoms with van der Waals surface area (Å²) >= 11 is 0. The maximum Gasteiger partial charge on any atom is 0.152 e. The topological polar surface area (TPSA) is 34.1 Å². The summed E-state index contributed by atoms with van der Waals surface area (Å²) in [5.74, 6) is 1.26. The summed E-state index contributed by atoms with van der Waals surface area (Å²) in [6.45, 7) is 11.7. The van der Waals surface area contributed by atoms with Gasteiger partial charge in [-0.15, -0.1) is 0 Å². The number of ether oxygens (including phenoxy) is 2. The Morgan fingerprint density at radius 2 is 1.80 bits per heavy atom. The molecular weight excluding hydrogens is 372 g/mol. The van der Waals surface area contributed by atoms with Gasteiger partial charge in [0.2, 0.25) is 0 Å². The molecule has 0 amide bonds. The van der Waals surface area contributed by atoms with Crippen LogP contribution in [0.25, 0.3) is 0 Å². The molecule has 0 saturated carbocycles. The van der Waals surface area contributed by atoms with Gasteiger partial charge < -0.3 is 14.4 Å². The molecule has 0 saturated heterocycles. The number of hydrogen-bond acceptors (Lipinski definition) is 3. The molecule has 3 rings (SSSR count). The van der Waals surface area contributed by atoms with Crippen molar-refractivity contribution < 1.29 is 9.47 Å². The standard InChI is InChI=1S/C26H40N2O2/c1-19(2)25(30-26(3,4)5)27-18-28-16-15-21-9-7-8-10-23(21)24(28)17-20-11-13-22(29-6)14-12-20/h11-14,18-19,24-25H,7-10,15-17H2,1-6H3/t24-,25+/m0/s1. The van der Waals surface area contributed by atoms with Crippen LogP contribution in [0.5, 0.6) is 5.75 Å². The fraction of sp³-hybridized carbons (Fsp3) is 0.654. The molecule has 30 heavy (non-hydrogen) atoms. The lowest BCUT2D eigenvalue weighted by Crippen LogP contribution is -2.43. The van der Waals surface area contributed by atoms with E-state index >= 15 is 0 Å². The fourth-order valence-corrected chi connectivity index (χ4v) is 4.51. The Hall–Kier alpha value is -1.81. The molecule has 1 aliphatic heterocycles. The molecule has 2 aliphatic rings. The molecule has 166 valence electrons. The lowest BCUT2D eigenvalue weighted by atomic mass is 9.80. The predicted octanol–water partition coefficient (Wildman–Crippen LogP) is 6.01. The van der Waals surface area contributed by atoms with Crippen molar-refractivity contribution >= 4 is 6.34 Å². The van der Waals surface area contributed by atoms with Crippen LogP contribution in [0.3, 0.4) is 0 Å². The average molecular weight is 413 g/mol. The van der Waals surface area contributed by atoms with Crippen molar-refractivity contribution in [2.45, 2.75) is 91.0 Å². The lowest BCUT2D eigenvalue weighted by Gasteiger charge is -2.40. The van der Waals surface area contributed by atoms with Gasteiger partial charge in [0.25, 0.3) is 0 Å². The first-order chi connectivity index (χ1) is 14.3. The molecule has 1 aliphatic carbocycles. The molecule has 1 heterocycles. The summed E-state index contributed by atoms with van der Waals surface area (Å²) in [5, 5.41) is 0. The van der Waals surface area contributed by atoms with E-state index in [0.717, 1.165) is 18.7 Å². The maximum absolute atomic E-state index is 6.23. The predicted molar refractivity (Wildman–Crippen MR) is 125 cm³/mol. The zero-order valence-corrected chi connectivity index (χ0v) is 19.8. The van der Waals surface area contributed by atoms with Gasteiger partial charge in [-0.1, -0.05) is 31.6 Å². The second-order valence-electron chi connectivity index (χ2n) is 10.0. The minimum atomic E-state index is -0.199. The maximum atomic E-state index is 6.23. The molecule has 4 nitrogen and oxygen atoms in total. The van der Waals surface area contributed by atoms with Crippen molar-refractivity contribution in [1.29, 1.82) is 0 Å². The number of hydrogen-bond donors (Lipinski definition) is 0. The van der Waals surface area contributed by atoms with Gasteiger partial charge in [0.15, 0.2) is 6.23 Å². The van der Waals surface area contributed by atoms with Crippen LogP contribution in [-0.4, -0.2) is 42.8 Å². The van der Waals surface area contributed by atoms with E-state index < -0.39 is 0 Å². The molecular formula is C26H40N2O2. The Morgan fingerprint density at radius 3 is 2.43 bits per heavy atom. The minimum absolute atomic E-state index is 0.117. The van der Waals surface area contributed by atoms with Crippen LogP contribution in [0, 0.1) is 5.92 Å². The van der Waals surface area contributed by atoms with Crippen LogP contribution in [0.15, 0.2) is 40.4 Å². The molecule has 0 bridgehead atoms. The monoisotopic (exact) mass is 412 g/mol. The number of benzene rings is 1. The Kier molecular flexibility index (Phi) is 7.62. The van der Waals surface area contributed by atoms with Crippen molar-refractivity contribution in [1.82, 2.24) is 4.90 Å². The van der Waals surface area contributed by atoms with Crippen molar-refractivity contribution in [3.05, 3.63) is 41.0 Å². The van der Waals surface area contributed by atoms with E-state index in [1.165, 1.54) is 37.7 Å². The molecule has 0 radical (unpaired) electrons. The van der Waals surface area contributed by atoms with Crippen molar-refractivity contribution in [3.63, 3.8) is 0 Å². The van der Waals surface area contributed by atoms with Gasteiger partial charge in [-0.3, -0.25) is 0 Å². The second kappa shape index (κ2) is 10.00. The third-order valence-corrected chi connectivity index (χ3v) is 6.10. The Morgan fingerprint density at radius 1 is 1.10 bits per heavy atom. The fourth-order valence-electron chi connectivity index (χ4n) is 4.51. The molecule has 0 fully saturated rings. The summed E-state index contributed by atoms with van der Waals surface area (Å²) in [7, 11) is 1.72. The number of rotatable bonds is 7. The smallest absolute Gasteiger partial charge is 0.152 e. The third-order valence-electron chi connectivity index (χ3n) is 6.10. The van der Waals surface area contributed by atoms with Crippen LogP contribution in [-0.2, 0) is 11.2 Å². The number of nitrogens with zero attached hydrogens (tertiary/aromatic N) is 2. The zero-order chi connectivity index (χ0) is 21.7. The van der Waals surface area contributed by atoms with Gasteiger partial charge in [0, 0.05) is 12.5 Å². The first kappa shape index (κ1) is 22.9. The normalized spacial score (nSPS) is 21.3. The zero-order valence-electron chi connectivity index (χ0n) is 19.8. The van der Waals surface area contributed by atoms with E-state index in [-0.39, 0.29) is 11.8 Å². The van der Waals surface area contributed by atoms with E-state index in [4.69, 9.17) is 14.5 Å². The largest absolute Gasteiger partial charge is 0.497 e. The minimum Gasteiger partial charge on any atom is -0.497 e. The van der Waals surface area contributed by atoms with Gasteiger partial charge in [0.05, 0.1) is 25.1 Å². The highest BCUT2D eigenvalue weighted by molar-refractivity contribution is 5.58. The Labute approximate surface area is 183 Å². The quantitative estimate of drug-likeness (QED) is 0.312. The summed E-state index contributed by atoms with van der Waals surface area (Å²) in [6.07, 6.45) is 9.32. The number of aliphatic imine (C=N–C) groups is 1. The molecule has 0 unspecified atom stereocenters. The highest BCUT2D eigenvalue weighted by Gasteiger charge is 2.30. The van der Waals surface area contributed by atoms with E-state index in [2.05, 4.69) is 70.1 Å². The van der Waals surface area contributed by atoms with Crippen molar-refractivity contribution in [2.75, 3.05) is 13.7 Å².